The van der Waals surface area contributed by atoms with Crippen molar-refractivity contribution in [3.63, 3.8) is 0 Å². The van der Waals surface area contributed by atoms with E-state index in [1.54, 1.807) is 24.3 Å². The van der Waals surface area contributed by atoms with Gasteiger partial charge in [0.15, 0.2) is 0 Å². The van der Waals surface area contributed by atoms with Gasteiger partial charge in [0.2, 0.25) is 0 Å². The fourth-order valence-electron chi connectivity index (χ4n) is 6.73. The van der Waals surface area contributed by atoms with Crippen molar-refractivity contribution < 1.29 is 9.59 Å². The van der Waals surface area contributed by atoms with Crippen LogP contribution in [0.2, 0.25) is 0 Å². The molecule has 4 heteroatoms. The minimum atomic E-state index is 0.403. The summed E-state index contributed by atoms with van der Waals surface area (Å²) >= 11 is 0. The number of aryl methyl sites for hydroxylation is 3. The fraction of sp³-hybridized carbons (Fsp3) is 0.102. The highest BCUT2D eigenvalue weighted by molar-refractivity contribution is 6.09. The van der Waals surface area contributed by atoms with Crippen molar-refractivity contribution in [1.82, 2.24) is 9.13 Å². The van der Waals surface area contributed by atoms with Gasteiger partial charge in [-0.2, -0.15) is 0 Å². The number of fused-ring (bicyclic) bond motifs is 6. The summed E-state index contributed by atoms with van der Waals surface area (Å²) in [5, 5.41) is 5.38. The Balaban J connectivity index is 0.000000135. The third kappa shape index (κ3) is 8.35. The number of rotatable bonds is 4. The molecule has 0 saturated heterocycles. The molecule has 0 aliphatic heterocycles. The maximum Gasteiger partial charge on any atom is 0.150 e. The van der Waals surface area contributed by atoms with Gasteiger partial charge in [-0.1, -0.05) is 152 Å². The second-order valence-electron chi connectivity index (χ2n) is 13.1. The molecule has 0 amide bonds. The summed E-state index contributed by atoms with van der Waals surface area (Å²) in [4.78, 5) is 20.0. The van der Waals surface area contributed by atoms with Gasteiger partial charge in [-0.05, 0) is 54.4 Å². The van der Waals surface area contributed by atoms with Gasteiger partial charge in [-0.3, -0.25) is 9.59 Å². The summed E-state index contributed by atoms with van der Waals surface area (Å²) in [5.74, 6) is 0.403. The lowest BCUT2D eigenvalue weighted by Gasteiger charge is -2.12. The van der Waals surface area contributed by atoms with E-state index in [4.69, 9.17) is 0 Å². The van der Waals surface area contributed by atoms with Crippen molar-refractivity contribution in [1.29, 1.82) is 0 Å². The molecule has 0 radical (unpaired) electrons. The Hall–Kier alpha value is -6.52. The molecule has 2 aromatic heterocycles. The maximum absolute atomic E-state index is 10.0. The molecule has 0 aliphatic carbocycles. The number of hydrogen-bond donors (Lipinski definition) is 0. The number of carbonyl (C=O) groups is 2. The van der Waals surface area contributed by atoms with Gasteiger partial charge < -0.3 is 9.13 Å². The van der Waals surface area contributed by atoms with Gasteiger partial charge in [-0.25, -0.2) is 0 Å². The Morgan fingerprint density at radius 1 is 0.415 bits per heavy atom. The SMILES string of the molecule is Cc1ccc2c(c1)c1cc(C(C)c3ccccc3)ccc1n2C.Cn1c2ccccc2c2ccccc21.O=Cc1ccccc1.O=Cc1ccccc1. The zero-order chi connectivity index (χ0) is 37.2. The molecular weight excluding hydrogens is 649 g/mol. The van der Waals surface area contributed by atoms with Crippen LogP contribution < -0.4 is 0 Å². The van der Waals surface area contributed by atoms with E-state index >= 15 is 0 Å². The van der Waals surface area contributed by atoms with E-state index in [-0.39, 0.29) is 0 Å². The largest absolute Gasteiger partial charge is 0.344 e. The molecular formula is C49H44N2O2. The quantitative estimate of drug-likeness (QED) is 0.172. The van der Waals surface area contributed by atoms with E-state index in [9.17, 15) is 9.59 Å². The van der Waals surface area contributed by atoms with E-state index in [1.165, 1.54) is 60.3 Å². The number of carbonyl (C=O) groups excluding carboxylic acids is 2. The average Bonchev–Trinajstić information content (AvgIpc) is 3.68. The fourth-order valence-corrected chi connectivity index (χ4v) is 6.73. The Morgan fingerprint density at radius 2 is 0.811 bits per heavy atom. The van der Waals surface area contributed by atoms with Crippen molar-refractivity contribution in [2.24, 2.45) is 14.1 Å². The van der Waals surface area contributed by atoms with E-state index in [0.717, 1.165) is 23.7 Å². The number of aldehydes is 2. The maximum atomic E-state index is 10.0. The van der Waals surface area contributed by atoms with Crippen LogP contribution in [0.1, 0.15) is 50.2 Å². The molecule has 0 aliphatic rings. The average molecular weight is 693 g/mol. The lowest BCUT2D eigenvalue weighted by Crippen LogP contribution is -1.95. The van der Waals surface area contributed by atoms with Crippen molar-refractivity contribution in [3.05, 3.63) is 204 Å². The van der Waals surface area contributed by atoms with Crippen LogP contribution in [0.15, 0.2) is 176 Å². The van der Waals surface area contributed by atoms with Gasteiger partial charge in [0.05, 0.1) is 0 Å². The molecule has 0 spiro atoms. The second-order valence-corrected chi connectivity index (χ2v) is 13.1. The normalized spacial score (nSPS) is 11.1. The predicted molar refractivity (Wildman–Crippen MR) is 223 cm³/mol. The van der Waals surface area contributed by atoms with Crippen LogP contribution in [0.3, 0.4) is 0 Å². The molecule has 2 heterocycles. The van der Waals surface area contributed by atoms with Crippen LogP contribution in [0.4, 0.5) is 0 Å². The molecule has 4 nitrogen and oxygen atoms in total. The Labute approximate surface area is 311 Å². The molecule has 1 unspecified atom stereocenters. The van der Waals surface area contributed by atoms with Crippen molar-refractivity contribution in [3.8, 4) is 0 Å². The van der Waals surface area contributed by atoms with Gasteiger partial charge in [0.1, 0.15) is 12.6 Å². The molecule has 1 atom stereocenters. The Kier molecular flexibility index (Phi) is 11.7. The molecule has 0 bridgehead atoms. The molecule has 7 aromatic carbocycles. The first kappa shape index (κ1) is 36.3. The van der Waals surface area contributed by atoms with E-state index in [2.05, 4.69) is 152 Å². The van der Waals surface area contributed by atoms with Gasteiger partial charge in [-0.15, -0.1) is 0 Å². The van der Waals surface area contributed by atoms with Crippen molar-refractivity contribution >= 4 is 56.2 Å². The first-order valence-electron chi connectivity index (χ1n) is 17.9. The molecule has 0 fully saturated rings. The minimum Gasteiger partial charge on any atom is -0.344 e. The summed E-state index contributed by atoms with van der Waals surface area (Å²) in [6.45, 7) is 4.45. The Morgan fingerprint density at radius 3 is 1.28 bits per heavy atom. The van der Waals surface area contributed by atoms with E-state index in [0.29, 0.717) is 5.92 Å². The smallest absolute Gasteiger partial charge is 0.150 e. The highest BCUT2D eigenvalue weighted by Gasteiger charge is 2.13. The van der Waals surface area contributed by atoms with Gasteiger partial charge in [0, 0.05) is 74.8 Å². The molecule has 0 saturated carbocycles. The number of para-hydroxylation sites is 2. The van der Waals surface area contributed by atoms with E-state index in [1.807, 2.05) is 36.4 Å². The summed E-state index contributed by atoms with van der Waals surface area (Å²) in [5.41, 5.74) is 10.7. The standard InChI is InChI=1S/C22H21N.C13H11N.2C7H6O/c1-15-9-11-21-19(13-15)20-14-18(10-12-22(20)23(21)3)16(2)17-7-5-4-6-8-17;1-14-12-8-4-2-6-10(12)11-7-3-5-9-13(11)14;2*8-6-7-4-2-1-3-5-7/h4-14,16H,1-3H3;2-9H,1H3;2*1-6H. The summed E-state index contributed by atoms with van der Waals surface area (Å²) in [7, 11) is 4.27. The number of hydrogen-bond acceptors (Lipinski definition) is 2. The summed E-state index contributed by atoms with van der Waals surface area (Å²) in [6.07, 6.45) is 1.67. The van der Waals surface area contributed by atoms with Crippen LogP contribution in [0.5, 0.6) is 0 Å². The van der Waals surface area contributed by atoms with Crippen LogP contribution >= 0.6 is 0 Å². The predicted octanol–water partition coefficient (Wildman–Crippen LogP) is 12.1. The second kappa shape index (κ2) is 17.1. The third-order valence-corrected chi connectivity index (χ3v) is 9.68. The minimum absolute atomic E-state index is 0.403. The number of aromatic nitrogens is 2. The van der Waals surface area contributed by atoms with Crippen molar-refractivity contribution in [2.45, 2.75) is 19.8 Å². The van der Waals surface area contributed by atoms with Crippen LogP contribution in [-0.2, 0) is 14.1 Å². The van der Waals surface area contributed by atoms with Crippen LogP contribution in [0, 0.1) is 6.92 Å². The first-order valence-corrected chi connectivity index (χ1v) is 17.9. The summed E-state index contributed by atoms with van der Waals surface area (Å²) < 4.78 is 4.53. The third-order valence-electron chi connectivity index (χ3n) is 9.68. The molecule has 0 N–H and O–H groups in total. The number of benzene rings is 7. The van der Waals surface area contributed by atoms with Gasteiger partial charge >= 0.3 is 0 Å². The van der Waals surface area contributed by atoms with Crippen molar-refractivity contribution in [2.75, 3.05) is 0 Å². The van der Waals surface area contributed by atoms with Crippen LogP contribution in [-0.4, -0.2) is 21.7 Å². The summed E-state index contributed by atoms with van der Waals surface area (Å²) in [6, 6.07) is 59.6. The molecule has 262 valence electrons. The van der Waals surface area contributed by atoms with E-state index < -0.39 is 0 Å². The molecule has 9 aromatic rings. The first-order chi connectivity index (χ1) is 25.9. The lowest BCUT2D eigenvalue weighted by atomic mass is 9.92. The highest BCUT2D eigenvalue weighted by atomic mass is 16.1. The van der Waals surface area contributed by atoms with Gasteiger partial charge in [0.25, 0.3) is 0 Å². The number of nitrogens with zero attached hydrogens (tertiary/aromatic N) is 2. The highest BCUT2D eigenvalue weighted by Crippen LogP contribution is 2.33. The van der Waals surface area contributed by atoms with Crippen LogP contribution in [0.25, 0.3) is 43.6 Å². The monoisotopic (exact) mass is 692 g/mol. The Bertz CT molecular complexity index is 2490. The lowest BCUT2D eigenvalue weighted by molar-refractivity contribution is 0.111. The topological polar surface area (TPSA) is 44.0 Å². The molecule has 9 rings (SSSR count). The zero-order valence-electron chi connectivity index (χ0n) is 30.7. The zero-order valence-corrected chi connectivity index (χ0v) is 30.7. The molecule has 53 heavy (non-hydrogen) atoms.